The molecule has 0 bridgehead atoms. The average molecular weight is 352 g/mol. The quantitative estimate of drug-likeness (QED) is 0.642. The molecular weight excluding hydrogens is 332 g/mol. The predicted molar refractivity (Wildman–Crippen MR) is 102 cm³/mol. The van der Waals surface area contributed by atoms with E-state index in [0.717, 1.165) is 29.1 Å². The fraction of sp³-hybridized carbons (Fsp3) is 0.200. The van der Waals surface area contributed by atoms with Gasteiger partial charge in [0.1, 0.15) is 5.75 Å². The molecule has 0 radical (unpaired) electrons. The van der Waals surface area contributed by atoms with E-state index >= 15 is 0 Å². The van der Waals surface area contributed by atoms with E-state index in [9.17, 15) is 4.79 Å². The van der Waals surface area contributed by atoms with Crippen LogP contribution in [0.4, 0.5) is 10.8 Å². The molecule has 0 saturated heterocycles. The monoisotopic (exact) mass is 352 g/mol. The summed E-state index contributed by atoms with van der Waals surface area (Å²) in [6.45, 7) is 3.95. The zero-order valence-electron chi connectivity index (χ0n) is 14.3. The molecule has 3 aromatic rings. The molecule has 0 fully saturated rings. The van der Waals surface area contributed by atoms with Crippen molar-refractivity contribution in [2.24, 2.45) is 0 Å². The Bertz CT molecular complexity index is 846. The molecule has 0 aliphatic heterocycles. The Balaban J connectivity index is 1.82. The average Bonchev–Trinajstić information content (AvgIpc) is 3.07. The Morgan fingerprint density at radius 3 is 2.52 bits per heavy atom. The van der Waals surface area contributed by atoms with Gasteiger partial charge in [-0.1, -0.05) is 43.3 Å². The first-order valence-corrected chi connectivity index (χ1v) is 9.08. The van der Waals surface area contributed by atoms with Crippen LogP contribution in [0.25, 0.3) is 0 Å². The Morgan fingerprint density at radius 2 is 1.84 bits per heavy atom. The predicted octanol–water partition coefficient (Wildman–Crippen LogP) is 4.76. The summed E-state index contributed by atoms with van der Waals surface area (Å²) in [5.41, 5.74) is 2.77. The number of carbonyl (C=O) groups is 1. The van der Waals surface area contributed by atoms with Gasteiger partial charge in [0, 0.05) is 5.38 Å². The van der Waals surface area contributed by atoms with Crippen molar-refractivity contribution >= 4 is 28.1 Å². The molecule has 0 atom stereocenters. The molecule has 128 valence electrons. The van der Waals surface area contributed by atoms with E-state index in [2.05, 4.69) is 11.9 Å². The topological polar surface area (TPSA) is 42.4 Å². The fourth-order valence-electron chi connectivity index (χ4n) is 2.52. The summed E-state index contributed by atoms with van der Waals surface area (Å²) in [4.78, 5) is 19.0. The summed E-state index contributed by atoms with van der Waals surface area (Å²) in [5.74, 6) is 0.605. The van der Waals surface area contributed by atoms with Crippen molar-refractivity contribution in [2.45, 2.75) is 20.3 Å². The maximum absolute atomic E-state index is 12.9. The van der Waals surface area contributed by atoms with E-state index in [0.29, 0.717) is 5.13 Å². The Hall–Kier alpha value is -2.66. The molecule has 1 aromatic heterocycles. The van der Waals surface area contributed by atoms with E-state index in [4.69, 9.17) is 4.74 Å². The normalized spacial score (nSPS) is 10.5. The molecule has 0 saturated carbocycles. The van der Waals surface area contributed by atoms with Gasteiger partial charge in [0.25, 0.3) is 5.91 Å². The highest BCUT2D eigenvalue weighted by Crippen LogP contribution is 2.29. The number of nitrogens with zero attached hydrogens (tertiary/aromatic N) is 2. The molecule has 0 aliphatic rings. The summed E-state index contributed by atoms with van der Waals surface area (Å²) in [6, 6.07) is 17.3. The lowest BCUT2D eigenvalue weighted by molar-refractivity contribution is -0.119. The van der Waals surface area contributed by atoms with Gasteiger partial charge in [-0.15, -0.1) is 11.3 Å². The van der Waals surface area contributed by atoms with Crippen LogP contribution in [0.15, 0.2) is 60.0 Å². The highest BCUT2D eigenvalue weighted by atomic mass is 32.1. The third-order valence-electron chi connectivity index (χ3n) is 3.77. The summed E-state index contributed by atoms with van der Waals surface area (Å²) >= 11 is 1.45. The molecule has 2 aromatic carbocycles. The molecule has 0 unspecified atom stereocenters. The molecule has 5 heteroatoms. The Kier molecular flexibility index (Phi) is 5.46. The smallest absolute Gasteiger partial charge is 0.271 e. The molecule has 0 spiro atoms. The SMILES string of the molecule is CCc1ccccc1OCC(=O)N(c1ccccc1)c1nc(C)cs1. The third kappa shape index (κ3) is 4.06. The Morgan fingerprint density at radius 1 is 1.12 bits per heavy atom. The van der Waals surface area contributed by atoms with E-state index in [-0.39, 0.29) is 12.5 Å². The number of hydrogen-bond donors (Lipinski definition) is 0. The number of carbonyl (C=O) groups excluding carboxylic acids is 1. The minimum atomic E-state index is -0.147. The number of para-hydroxylation sites is 2. The highest BCUT2D eigenvalue weighted by molar-refractivity contribution is 7.14. The minimum Gasteiger partial charge on any atom is -0.483 e. The number of aromatic nitrogens is 1. The molecular formula is C20H20N2O2S. The molecule has 1 heterocycles. The number of thiazole rings is 1. The Labute approximate surface area is 151 Å². The number of hydrogen-bond acceptors (Lipinski definition) is 4. The van der Waals surface area contributed by atoms with Crippen LogP contribution in [0, 0.1) is 6.92 Å². The van der Waals surface area contributed by atoms with Crippen molar-refractivity contribution in [2.75, 3.05) is 11.5 Å². The molecule has 3 rings (SSSR count). The van der Waals surface area contributed by atoms with Gasteiger partial charge < -0.3 is 4.74 Å². The first kappa shape index (κ1) is 17.2. The van der Waals surface area contributed by atoms with Crippen molar-refractivity contribution < 1.29 is 9.53 Å². The number of benzene rings is 2. The van der Waals surface area contributed by atoms with E-state index in [1.54, 1.807) is 4.90 Å². The minimum absolute atomic E-state index is 0.0372. The van der Waals surface area contributed by atoms with Crippen molar-refractivity contribution in [3.05, 3.63) is 71.2 Å². The standard InChI is InChI=1S/C20H20N2O2S/c1-3-16-9-7-8-12-18(16)24-13-19(23)22(17-10-5-4-6-11-17)20-21-15(2)14-25-20/h4-12,14H,3,13H2,1-2H3. The van der Waals surface area contributed by atoms with Crippen molar-refractivity contribution in [1.82, 2.24) is 4.98 Å². The second-order valence-electron chi connectivity index (χ2n) is 5.59. The number of amides is 1. The molecule has 0 N–H and O–H groups in total. The number of anilines is 2. The van der Waals surface area contributed by atoms with Crippen LogP contribution in [0.2, 0.25) is 0 Å². The van der Waals surface area contributed by atoms with Gasteiger partial charge in [-0.3, -0.25) is 9.69 Å². The van der Waals surface area contributed by atoms with Crippen LogP contribution in [0.5, 0.6) is 5.75 Å². The molecule has 25 heavy (non-hydrogen) atoms. The van der Waals surface area contributed by atoms with Crippen LogP contribution in [-0.2, 0) is 11.2 Å². The lowest BCUT2D eigenvalue weighted by atomic mass is 10.1. The van der Waals surface area contributed by atoms with Crippen LogP contribution in [0.1, 0.15) is 18.2 Å². The second kappa shape index (κ2) is 7.94. The maximum Gasteiger partial charge on any atom is 0.271 e. The van der Waals surface area contributed by atoms with Crippen molar-refractivity contribution in [3.63, 3.8) is 0 Å². The van der Waals surface area contributed by atoms with E-state index < -0.39 is 0 Å². The maximum atomic E-state index is 12.9. The van der Waals surface area contributed by atoms with Gasteiger partial charge in [-0.25, -0.2) is 4.98 Å². The molecule has 0 aliphatic carbocycles. The van der Waals surface area contributed by atoms with Gasteiger partial charge >= 0.3 is 0 Å². The number of aryl methyl sites for hydroxylation is 2. The zero-order valence-corrected chi connectivity index (χ0v) is 15.1. The van der Waals surface area contributed by atoms with Crippen LogP contribution in [0.3, 0.4) is 0 Å². The highest BCUT2D eigenvalue weighted by Gasteiger charge is 2.21. The first-order chi connectivity index (χ1) is 12.2. The molecule has 4 nitrogen and oxygen atoms in total. The largest absolute Gasteiger partial charge is 0.483 e. The second-order valence-corrected chi connectivity index (χ2v) is 6.42. The lowest BCUT2D eigenvalue weighted by Crippen LogP contribution is -2.31. The van der Waals surface area contributed by atoms with Gasteiger partial charge in [-0.2, -0.15) is 0 Å². The number of ether oxygens (including phenoxy) is 1. The van der Waals surface area contributed by atoms with Crippen LogP contribution in [-0.4, -0.2) is 17.5 Å². The molecule has 1 amide bonds. The third-order valence-corrected chi connectivity index (χ3v) is 4.71. The lowest BCUT2D eigenvalue weighted by Gasteiger charge is -2.20. The van der Waals surface area contributed by atoms with Crippen LogP contribution < -0.4 is 9.64 Å². The van der Waals surface area contributed by atoms with E-state index in [1.165, 1.54) is 11.3 Å². The summed E-state index contributed by atoms with van der Waals surface area (Å²) in [5, 5.41) is 2.59. The van der Waals surface area contributed by atoms with Crippen LogP contribution >= 0.6 is 11.3 Å². The van der Waals surface area contributed by atoms with Gasteiger partial charge in [0.15, 0.2) is 11.7 Å². The van der Waals surface area contributed by atoms with Gasteiger partial charge in [0.2, 0.25) is 0 Å². The van der Waals surface area contributed by atoms with Crippen molar-refractivity contribution in [3.8, 4) is 5.75 Å². The summed E-state index contributed by atoms with van der Waals surface area (Å²) in [6.07, 6.45) is 0.860. The first-order valence-electron chi connectivity index (χ1n) is 8.20. The zero-order chi connectivity index (χ0) is 17.6. The van der Waals surface area contributed by atoms with Gasteiger partial charge in [0.05, 0.1) is 11.4 Å². The van der Waals surface area contributed by atoms with E-state index in [1.807, 2.05) is 66.9 Å². The van der Waals surface area contributed by atoms with Gasteiger partial charge in [-0.05, 0) is 37.1 Å². The number of rotatable bonds is 6. The summed E-state index contributed by atoms with van der Waals surface area (Å²) < 4.78 is 5.81. The summed E-state index contributed by atoms with van der Waals surface area (Å²) in [7, 11) is 0. The fourth-order valence-corrected chi connectivity index (χ4v) is 3.36. The van der Waals surface area contributed by atoms with Crippen molar-refractivity contribution in [1.29, 1.82) is 0 Å².